The number of ketones is 1. The van der Waals surface area contributed by atoms with E-state index in [9.17, 15) is 23.7 Å². The normalized spacial score (nSPS) is 14.3. The molecule has 0 unspecified atom stereocenters. The van der Waals surface area contributed by atoms with Gasteiger partial charge >= 0.3 is 0 Å². The van der Waals surface area contributed by atoms with Gasteiger partial charge in [-0.05, 0) is 57.0 Å². The van der Waals surface area contributed by atoms with Crippen LogP contribution in [0.2, 0.25) is 0 Å². The number of benzene rings is 2. The molecule has 4 rings (SSSR count). The number of carbonyl (C=O) groups excluding carboxylic acids is 1. The highest BCUT2D eigenvalue weighted by Gasteiger charge is 2.26. The molecule has 0 radical (unpaired) electrons. The van der Waals surface area contributed by atoms with Crippen LogP contribution in [0.5, 0.6) is 5.75 Å². The second kappa shape index (κ2) is 11.6. The van der Waals surface area contributed by atoms with E-state index in [1.165, 1.54) is 37.5 Å². The summed E-state index contributed by atoms with van der Waals surface area (Å²) in [6.45, 7) is 5.01. The molecule has 2 aromatic carbocycles. The molecule has 1 aliphatic rings. The summed E-state index contributed by atoms with van der Waals surface area (Å²) in [5.41, 5.74) is -0.0107. The molecule has 192 valence electrons. The number of nitrogens with zero attached hydrogens (tertiary/aromatic N) is 2. The van der Waals surface area contributed by atoms with Crippen LogP contribution < -0.4 is 4.74 Å². The molecule has 2 heterocycles. The molecule has 7 nitrogen and oxygen atoms in total. The highest BCUT2D eigenvalue weighted by atomic mass is 19.1. The fraction of sp³-hybridized carbons (Fsp3) is 0.444. The third-order valence-electron chi connectivity index (χ3n) is 6.51. The Morgan fingerprint density at radius 3 is 2.50 bits per heavy atom. The van der Waals surface area contributed by atoms with Crippen LogP contribution in [0.25, 0.3) is 11.0 Å². The van der Waals surface area contributed by atoms with Gasteiger partial charge in [-0.2, -0.15) is 0 Å². The van der Waals surface area contributed by atoms with Gasteiger partial charge in [0.2, 0.25) is 0 Å². The molecule has 1 fully saturated rings. The molecule has 9 heteroatoms. The van der Waals surface area contributed by atoms with Gasteiger partial charge in [0, 0.05) is 36.0 Å². The maximum atomic E-state index is 14.8. The first-order valence-corrected chi connectivity index (χ1v) is 12.5. The number of aryl methyl sites for hydroxylation is 1. The lowest BCUT2D eigenvalue weighted by atomic mass is 9.97. The number of nitro groups is 1. The molecule has 0 N–H and O–H groups in total. The molecule has 0 atom stereocenters. The number of hydrogen-bond donors (Lipinski definition) is 0. The summed E-state index contributed by atoms with van der Waals surface area (Å²) < 4.78 is 40.9. The van der Waals surface area contributed by atoms with Gasteiger partial charge < -0.3 is 14.1 Å². The lowest BCUT2D eigenvalue weighted by Gasteiger charge is -2.26. The van der Waals surface area contributed by atoms with Crippen LogP contribution in [-0.2, 0) is 6.42 Å². The number of furan rings is 1. The highest BCUT2D eigenvalue weighted by Crippen LogP contribution is 2.33. The number of fused-ring (bicyclic) bond motifs is 1. The van der Waals surface area contributed by atoms with Crippen LogP contribution >= 0.6 is 0 Å². The van der Waals surface area contributed by atoms with E-state index < -0.39 is 28.1 Å². The van der Waals surface area contributed by atoms with Crippen LogP contribution in [-0.4, -0.2) is 41.8 Å². The van der Waals surface area contributed by atoms with Gasteiger partial charge in [0.05, 0.1) is 17.1 Å². The van der Waals surface area contributed by atoms with E-state index in [0.717, 1.165) is 44.6 Å². The number of piperidine rings is 1. The number of non-ortho nitro benzene ring substituents is 1. The molecule has 0 aliphatic carbocycles. The van der Waals surface area contributed by atoms with Crippen molar-refractivity contribution in [2.75, 3.05) is 26.2 Å². The zero-order chi connectivity index (χ0) is 25.7. The largest absolute Gasteiger partial charge is 0.488 e. The van der Waals surface area contributed by atoms with Gasteiger partial charge in [0.1, 0.15) is 11.3 Å². The number of rotatable bonds is 11. The van der Waals surface area contributed by atoms with Crippen molar-refractivity contribution in [3.8, 4) is 5.75 Å². The van der Waals surface area contributed by atoms with E-state index >= 15 is 0 Å². The van der Waals surface area contributed by atoms with Crippen molar-refractivity contribution in [1.82, 2.24) is 4.90 Å². The van der Waals surface area contributed by atoms with E-state index in [-0.39, 0.29) is 28.8 Å². The van der Waals surface area contributed by atoms with Gasteiger partial charge in [-0.1, -0.05) is 19.8 Å². The fourth-order valence-corrected chi connectivity index (χ4v) is 4.63. The van der Waals surface area contributed by atoms with Crippen LogP contribution in [0.3, 0.4) is 0 Å². The molecule has 0 spiro atoms. The van der Waals surface area contributed by atoms with Gasteiger partial charge in [-0.15, -0.1) is 0 Å². The number of carbonyl (C=O) groups is 1. The zero-order valence-corrected chi connectivity index (χ0v) is 20.4. The summed E-state index contributed by atoms with van der Waals surface area (Å²) >= 11 is 0. The molecule has 3 aromatic rings. The van der Waals surface area contributed by atoms with E-state index in [0.29, 0.717) is 24.2 Å². The third-order valence-corrected chi connectivity index (χ3v) is 6.51. The molecular formula is C27H30F2N2O5. The second-order valence-corrected chi connectivity index (χ2v) is 9.14. The Labute approximate surface area is 208 Å². The summed E-state index contributed by atoms with van der Waals surface area (Å²) in [5.74, 6) is -2.76. The lowest BCUT2D eigenvalue weighted by molar-refractivity contribution is -0.384. The maximum absolute atomic E-state index is 14.8. The summed E-state index contributed by atoms with van der Waals surface area (Å²) in [5, 5.41) is 11.5. The Morgan fingerprint density at radius 1 is 1.11 bits per heavy atom. The minimum Gasteiger partial charge on any atom is -0.488 e. The maximum Gasteiger partial charge on any atom is 0.270 e. The second-order valence-electron chi connectivity index (χ2n) is 9.14. The number of nitro benzene ring substituents is 1. The minimum atomic E-state index is -0.967. The Balaban J connectivity index is 1.56. The van der Waals surface area contributed by atoms with Crippen molar-refractivity contribution in [2.45, 2.75) is 51.9 Å². The Kier molecular flexibility index (Phi) is 8.30. The summed E-state index contributed by atoms with van der Waals surface area (Å²) in [6, 6.07) is 5.88. The van der Waals surface area contributed by atoms with Gasteiger partial charge in [0.25, 0.3) is 5.69 Å². The smallest absolute Gasteiger partial charge is 0.270 e. The van der Waals surface area contributed by atoms with Crippen molar-refractivity contribution in [3.05, 3.63) is 69.0 Å². The van der Waals surface area contributed by atoms with Crippen molar-refractivity contribution >= 4 is 22.4 Å². The van der Waals surface area contributed by atoms with Crippen molar-refractivity contribution in [2.24, 2.45) is 0 Å². The molecular weight excluding hydrogens is 470 g/mol. The molecule has 0 amide bonds. The molecule has 0 bridgehead atoms. The highest BCUT2D eigenvalue weighted by molar-refractivity contribution is 6.17. The average Bonchev–Trinajstić information content (AvgIpc) is 3.24. The lowest BCUT2D eigenvalue weighted by Crippen LogP contribution is -2.31. The summed E-state index contributed by atoms with van der Waals surface area (Å²) in [4.78, 5) is 26.5. The number of halogens is 2. The average molecular weight is 501 g/mol. The molecule has 1 aromatic heterocycles. The first-order chi connectivity index (χ1) is 17.4. The van der Waals surface area contributed by atoms with Crippen LogP contribution in [0, 0.1) is 21.7 Å². The van der Waals surface area contributed by atoms with Gasteiger partial charge in [-0.25, -0.2) is 8.78 Å². The standard InChI is InChI=1S/C27H30F2N2O5/c1-2-3-8-24-25(20-17-19(31(33)34)9-10-23(20)36-24)26(32)18-15-21(28)27(22(29)16-18)35-14-7-13-30-11-5-4-6-12-30/h9-10,15-17H,2-8,11-14H2,1H3. The number of unbranched alkanes of at least 4 members (excludes halogenated alkanes) is 1. The van der Waals surface area contributed by atoms with Crippen molar-refractivity contribution in [1.29, 1.82) is 0 Å². The topological polar surface area (TPSA) is 85.8 Å². The summed E-state index contributed by atoms with van der Waals surface area (Å²) in [6.07, 6.45) is 6.18. The predicted molar refractivity (Wildman–Crippen MR) is 132 cm³/mol. The van der Waals surface area contributed by atoms with E-state index in [1.54, 1.807) is 0 Å². The van der Waals surface area contributed by atoms with Crippen LogP contribution in [0.1, 0.15) is 67.1 Å². The SMILES string of the molecule is CCCCc1oc2ccc([N+](=O)[O-])cc2c1C(=O)c1cc(F)c(OCCCN2CCCCC2)c(F)c1. The Morgan fingerprint density at radius 2 is 1.83 bits per heavy atom. The zero-order valence-electron chi connectivity index (χ0n) is 20.4. The number of hydrogen-bond acceptors (Lipinski definition) is 6. The van der Waals surface area contributed by atoms with Gasteiger partial charge in [-0.3, -0.25) is 14.9 Å². The third kappa shape index (κ3) is 5.73. The van der Waals surface area contributed by atoms with Crippen molar-refractivity contribution in [3.63, 3.8) is 0 Å². The number of ether oxygens (including phenoxy) is 1. The fourth-order valence-electron chi connectivity index (χ4n) is 4.63. The molecule has 0 saturated carbocycles. The summed E-state index contributed by atoms with van der Waals surface area (Å²) in [7, 11) is 0. The van der Waals surface area contributed by atoms with Crippen LogP contribution in [0.4, 0.5) is 14.5 Å². The van der Waals surface area contributed by atoms with Crippen molar-refractivity contribution < 1.29 is 27.7 Å². The predicted octanol–water partition coefficient (Wildman–Crippen LogP) is 6.45. The Bertz CT molecular complexity index is 1230. The van der Waals surface area contributed by atoms with Gasteiger partial charge in [0.15, 0.2) is 23.2 Å². The molecule has 1 aliphatic heterocycles. The Hall–Kier alpha value is -3.33. The van der Waals surface area contributed by atoms with E-state index in [4.69, 9.17) is 9.15 Å². The molecule has 1 saturated heterocycles. The quantitative estimate of drug-likeness (QED) is 0.130. The minimum absolute atomic E-state index is 0.0937. The van der Waals surface area contributed by atoms with Crippen LogP contribution in [0.15, 0.2) is 34.7 Å². The molecule has 36 heavy (non-hydrogen) atoms. The first kappa shape index (κ1) is 25.8. The van der Waals surface area contributed by atoms with E-state index in [1.807, 2.05) is 6.92 Å². The monoisotopic (exact) mass is 500 g/mol. The first-order valence-electron chi connectivity index (χ1n) is 12.5. The van der Waals surface area contributed by atoms with E-state index in [2.05, 4.69) is 4.90 Å². The number of likely N-dealkylation sites (tertiary alicyclic amines) is 1.